The fraction of sp³-hybridized carbons (Fsp3) is 0.538. The first-order chi connectivity index (χ1) is 8.72. The monoisotopic (exact) mass is 275 g/mol. The molecule has 0 saturated carbocycles. The van der Waals surface area contributed by atoms with Crippen molar-refractivity contribution in [1.29, 1.82) is 0 Å². The summed E-state index contributed by atoms with van der Waals surface area (Å²) in [6, 6.07) is 5.15. The quantitative estimate of drug-likeness (QED) is 0.681. The van der Waals surface area contributed by atoms with Crippen LogP contribution in [0.15, 0.2) is 18.2 Å². The van der Waals surface area contributed by atoms with Crippen LogP contribution in [0, 0.1) is 5.82 Å². The number of benzene rings is 1. The van der Waals surface area contributed by atoms with Gasteiger partial charge in [-0.25, -0.2) is 4.39 Å². The molecule has 0 spiro atoms. The molecule has 0 atom stereocenters. The van der Waals surface area contributed by atoms with Crippen LogP contribution in [0.3, 0.4) is 0 Å². The second-order valence-corrected chi connectivity index (χ2v) is 4.27. The molecule has 5 heteroatoms. The number of halogens is 2. The Balaban J connectivity index is 2.73. The predicted octanol–water partition coefficient (Wildman–Crippen LogP) is 2.52. The Morgan fingerprint density at radius 1 is 1.28 bits per heavy atom. The van der Waals surface area contributed by atoms with Crippen LogP contribution in [0.5, 0.6) is 5.75 Å². The summed E-state index contributed by atoms with van der Waals surface area (Å²) in [5, 5.41) is 0. The van der Waals surface area contributed by atoms with Gasteiger partial charge in [-0.1, -0.05) is 12.1 Å². The maximum atomic E-state index is 14.0. The van der Waals surface area contributed by atoms with E-state index in [1.807, 2.05) is 4.90 Å². The maximum Gasteiger partial charge on any atom is 0.169 e. The number of alkyl halides is 1. The highest BCUT2D eigenvalue weighted by Crippen LogP contribution is 2.21. The molecule has 3 nitrogen and oxygen atoms in total. The van der Waals surface area contributed by atoms with E-state index in [1.54, 1.807) is 25.3 Å². The number of hydrogen-bond donors (Lipinski definition) is 0. The summed E-state index contributed by atoms with van der Waals surface area (Å²) in [5.41, 5.74) is 0.607. The normalized spacial score (nSPS) is 10.9. The van der Waals surface area contributed by atoms with Crippen molar-refractivity contribution in [2.45, 2.75) is 6.54 Å². The zero-order valence-corrected chi connectivity index (χ0v) is 11.5. The van der Waals surface area contributed by atoms with Crippen LogP contribution in [-0.4, -0.2) is 44.7 Å². The Hall–Kier alpha value is -0.840. The average molecular weight is 276 g/mol. The van der Waals surface area contributed by atoms with E-state index in [0.717, 1.165) is 6.54 Å². The lowest BCUT2D eigenvalue weighted by atomic mass is 10.2. The van der Waals surface area contributed by atoms with Gasteiger partial charge in [0.1, 0.15) is 0 Å². The molecule has 0 heterocycles. The fourth-order valence-electron chi connectivity index (χ4n) is 1.69. The predicted molar refractivity (Wildman–Crippen MR) is 70.8 cm³/mol. The minimum absolute atomic E-state index is 0.269. The zero-order chi connectivity index (χ0) is 13.4. The summed E-state index contributed by atoms with van der Waals surface area (Å²) in [4.78, 5) is 2.05. The zero-order valence-electron chi connectivity index (χ0n) is 10.8. The molecule has 0 N–H and O–H groups in total. The molecule has 0 radical (unpaired) electrons. The number of methoxy groups -OCH3 is 2. The molecule has 102 valence electrons. The van der Waals surface area contributed by atoms with Gasteiger partial charge < -0.3 is 9.47 Å². The van der Waals surface area contributed by atoms with Crippen LogP contribution in [0.1, 0.15) is 5.56 Å². The molecule has 0 bridgehead atoms. The average Bonchev–Trinajstić information content (AvgIpc) is 2.38. The molecule has 0 aliphatic carbocycles. The van der Waals surface area contributed by atoms with Gasteiger partial charge in [0, 0.05) is 38.2 Å². The number of nitrogens with zero attached hydrogens (tertiary/aromatic N) is 1. The molecule has 0 saturated heterocycles. The summed E-state index contributed by atoms with van der Waals surface area (Å²) < 4.78 is 24.0. The Kier molecular flexibility index (Phi) is 7.01. The summed E-state index contributed by atoms with van der Waals surface area (Å²) in [6.45, 7) is 2.52. The summed E-state index contributed by atoms with van der Waals surface area (Å²) in [5.74, 6) is 0.469. The van der Waals surface area contributed by atoms with E-state index >= 15 is 0 Å². The molecule has 1 rings (SSSR count). The Morgan fingerprint density at radius 2 is 2.06 bits per heavy atom. The highest BCUT2D eigenvalue weighted by atomic mass is 35.5. The minimum Gasteiger partial charge on any atom is -0.494 e. The number of hydrogen-bond acceptors (Lipinski definition) is 3. The van der Waals surface area contributed by atoms with E-state index in [4.69, 9.17) is 21.1 Å². The van der Waals surface area contributed by atoms with Gasteiger partial charge in [0.15, 0.2) is 11.6 Å². The largest absolute Gasteiger partial charge is 0.494 e. The smallest absolute Gasteiger partial charge is 0.169 e. The molecule has 0 aliphatic rings. The van der Waals surface area contributed by atoms with Gasteiger partial charge >= 0.3 is 0 Å². The van der Waals surface area contributed by atoms with E-state index in [9.17, 15) is 4.39 Å². The van der Waals surface area contributed by atoms with Gasteiger partial charge in [-0.3, -0.25) is 4.90 Å². The molecular formula is C13H19ClFNO2. The van der Waals surface area contributed by atoms with Gasteiger partial charge in [0.05, 0.1) is 13.7 Å². The van der Waals surface area contributed by atoms with Crippen molar-refractivity contribution in [1.82, 2.24) is 4.90 Å². The molecule has 18 heavy (non-hydrogen) atoms. The molecule has 1 aromatic rings. The Bertz CT molecular complexity index is 363. The minimum atomic E-state index is -0.308. The SMILES string of the molecule is COCCN(CCCl)Cc1cccc(OC)c1F. The fourth-order valence-corrected chi connectivity index (χ4v) is 1.93. The Labute approximate surface area is 112 Å². The summed E-state index contributed by atoms with van der Waals surface area (Å²) in [6.07, 6.45) is 0. The van der Waals surface area contributed by atoms with Gasteiger partial charge in [-0.2, -0.15) is 0 Å². The number of ether oxygens (including phenoxy) is 2. The first-order valence-electron chi connectivity index (χ1n) is 5.81. The van der Waals surface area contributed by atoms with Crippen molar-refractivity contribution >= 4 is 11.6 Å². The molecule has 0 aromatic heterocycles. The molecule has 0 fully saturated rings. The highest BCUT2D eigenvalue weighted by molar-refractivity contribution is 6.18. The lowest BCUT2D eigenvalue weighted by Gasteiger charge is -2.21. The van der Waals surface area contributed by atoms with Crippen LogP contribution < -0.4 is 4.74 Å². The van der Waals surface area contributed by atoms with Crippen molar-refractivity contribution in [3.63, 3.8) is 0 Å². The Morgan fingerprint density at radius 3 is 2.67 bits per heavy atom. The molecule has 0 aliphatic heterocycles. The van der Waals surface area contributed by atoms with Crippen LogP contribution in [-0.2, 0) is 11.3 Å². The lowest BCUT2D eigenvalue weighted by Crippen LogP contribution is -2.29. The van der Waals surface area contributed by atoms with E-state index < -0.39 is 0 Å². The molecule has 1 aromatic carbocycles. The topological polar surface area (TPSA) is 21.7 Å². The summed E-state index contributed by atoms with van der Waals surface area (Å²) in [7, 11) is 3.11. The lowest BCUT2D eigenvalue weighted by molar-refractivity contribution is 0.147. The first-order valence-corrected chi connectivity index (χ1v) is 6.35. The first kappa shape index (κ1) is 15.2. The second kappa shape index (κ2) is 8.29. The van der Waals surface area contributed by atoms with Gasteiger partial charge in [0.25, 0.3) is 0 Å². The van der Waals surface area contributed by atoms with Crippen molar-refractivity contribution in [2.24, 2.45) is 0 Å². The third-order valence-electron chi connectivity index (χ3n) is 2.67. The van der Waals surface area contributed by atoms with Crippen molar-refractivity contribution in [2.75, 3.05) is 39.8 Å². The van der Waals surface area contributed by atoms with Gasteiger partial charge in [-0.15, -0.1) is 11.6 Å². The van der Waals surface area contributed by atoms with Gasteiger partial charge in [-0.05, 0) is 6.07 Å². The highest BCUT2D eigenvalue weighted by Gasteiger charge is 2.12. The van der Waals surface area contributed by atoms with E-state index in [1.165, 1.54) is 7.11 Å². The standard InChI is InChI=1S/C13H19ClFNO2/c1-17-9-8-16(7-6-14)10-11-4-3-5-12(18-2)13(11)15/h3-5H,6-10H2,1-2H3. The number of rotatable bonds is 8. The van der Waals surface area contributed by atoms with Crippen molar-refractivity contribution in [3.05, 3.63) is 29.6 Å². The molecule has 0 amide bonds. The van der Waals surface area contributed by atoms with Crippen molar-refractivity contribution < 1.29 is 13.9 Å². The van der Waals surface area contributed by atoms with Crippen LogP contribution in [0.4, 0.5) is 4.39 Å². The third kappa shape index (κ3) is 4.44. The second-order valence-electron chi connectivity index (χ2n) is 3.89. The van der Waals surface area contributed by atoms with E-state index in [0.29, 0.717) is 31.1 Å². The maximum absolute atomic E-state index is 14.0. The summed E-state index contributed by atoms with van der Waals surface area (Å²) >= 11 is 5.74. The third-order valence-corrected chi connectivity index (χ3v) is 2.84. The molecule has 0 unspecified atom stereocenters. The van der Waals surface area contributed by atoms with E-state index in [-0.39, 0.29) is 11.6 Å². The van der Waals surface area contributed by atoms with Crippen LogP contribution in [0.2, 0.25) is 0 Å². The van der Waals surface area contributed by atoms with Crippen molar-refractivity contribution in [3.8, 4) is 5.75 Å². The molecular weight excluding hydrogens is 257 g/mol. The van der Waals surface area contributed by atoms with Crippen LogP contribution in [0.25, 0.3) is 0 Å². The van der Waals surface area contributed by atoms with Crippen LogP contribution >= 0.6 is 11.6 Å². The van der Waals surface area contributed by atoms with E-state index in [2.05, 4.69) is 0 Å². The van der Waals surface area contributed by atoms with Gasteiger partial charge in [0.2, 0.25) is 0 Å².